The third kappa shape index (κ3) is 39.6. The number of nitrogens with one attached hydrogen (secondary N) is 1. The van der Waals surface area contributed by atoms with Crippen molar-refractivity contribution in [2.45, 2.75) is 401 Å². The molecule has 17 unspecified atom stereocenters. The second kappa shape index (κ2) is 58.9. The van der Waals surface area contributed by atoms with Crippen LogP contribution in [0.25, 0.3) is 0 Å². The lowest BCUT2D eigenvalue weighted by Crippen LogP contribution is -2.66. The molecule has 3 saturated heterocycles. The number of amides is 1. The highest BCUT2D eigenvalue weighted by atomic mass is 16.8. The summed E-state index contributed by atoms with van der Waals surface area (Å²) in [5, 5.41) is 121. The van der Waals surface area contributed by atoms with Gasteiger partial charge in [0.2, 0.25) is 5.91 Å². The van der Waals surface area contributed by atoms with Gasteiger partial charge in [-0.2, -0.15) is 0 Å². The van der Waals surface area contributed by atoms with Crippen LogP contribution in [0.15, 0.2) is 60.8 Å². The molecule has 0 bridgehead atoms. The first-order valence-electron chi connectivity index (χ1n) is 39.0. The van der Waals surface area contributed by atoms with Gasteiger partial charge in [0, 0.05) is 6.42 Å². The molecular weight excluding hydrogens is 1240 g/mol. The summed E-state index contributed by atoms with van der Waals surface area (Å²) in [5.41, 5.74) is 0. The van der Waals surface area contributed by atoms with Crippen LogP contribution in [0.2, 0.25) is 0 Å². The van der Waals surface area contributed by atoms with E-state index in [0.717, 1.165) is 77.0 Å². The van der Waals surface area contributed by atoms with Crippen molar-refractivity contribution < 1.29 is 89.4 Å². The Labute approximate surface area is 586 Å². The van der Waals surface area contributed by atoms with Gasteiger partial charge in [0.05, 0.1) is 38.6 Å². The summed E-state index contributed by atoms with van der Waals surface area (Å²) in [4.78, 5) is 13.4. The Morgan fingerprint density at radius 1 is 0.381 bits per heavy atom. The number of allylic oxidation sites excluding steroid dienone is 10. The summed E-state index contributed by atoms with van der Waals surface area (Å²) in [6.45, 7) is 1.70. The normalized spacial score (nSPS) is 27.2. The molecule has 566 valence electrons. The van der Waals surface area contributed by atoms with Crippen molar-refractivity contribution in [3.05, 3.63) is 60.8 Å². The molecule has 0 aromatic heterocycles. The maximum Gasteiger partial charge on any atom is 0.220 e. The maximum atomic E-state index is 13.4. The van der Waals surface area contributed by atoms with E-state index >= 15 is 0 Å². The predicted octanol–water partition coefficient (Wildman–Crippen LogP) is 12.3. The lowest BCUT2D eigenvalue weighted by Gasteiger charge is -2.48. The summed E-state index contributed by atoms with van der Waals surface area (Å²) in [6, 6.07) is -0.886. The third-order valence-electron chi connectivity index (χ3n) is 19.4. The first-order valence-corrected chi connectivity index (χ1v) is 39.0. The van der Waals surface area contributed by atoms with Gasteiger partial charge < -0.3 is 89.9 Å². The number of aliphatic hydroxyl groups is 11. The Balaban J connectivity index is 1.28. The fraction of sp³-hybridized carbons (Fsp3) is 0.859. The minimum atomic E-state index is -1.97. The summed E-state index contributed by atoms with van der Waals surface area (Å²) in [5.74, 6) is -0.239. The zero-order chi connectivity index (χ0) is 70.4. The van der Waals surface area contributed by atoms with Crippen LogP contribution in [-0.2, 0) is 33.2 Å². The molecular formula is C78H141NO18. The first-order chi connectivity index (χ1) is 47.3. The summed E-state index contributed by atoms with van der Waals surface area (Å²) < 4.78 is 34.4. The van der Waals surface area contributed by atoms with Crippen LogP contribution in [0.1, 0.15) is 296 Å². The average Bonchev–Trinajstić information content (AvgIpc) is 0.809. The quantitative estimate of drug-likeness (QED) is 0.0199. The summed E-state index contributed by atoms with van der Waals surface area (Å²) >= 11 is 0. The van der Waals surface area contributed by atoms with E-state index in [9.17, 15) is 61.0 Å². The fourth-order valence-electron chi connectivity index (χ4n) is 13.1. The Hall–Kier alpha value is -2.51. The molecule has 0 aromatic carbocycles. The molecule has 0 saturated carbocycles. The molecule has 97 heavy (non-hydrogen) atoms. The maximum absolute atomic E-state index is 13.4. The number of hydrogen-bond acceptors (Lipinski definition) is 18. The van der Waals surface area contributed by atoms with Crippen molar-refractivity contribution >= 4 is 5.91 Å². The van der Waals surface area contributed by atoms with E-state index in [1.54, 1.807) is 0 Å². The van der Waals surface area contributed by atoms with Gasteiger partial charge in [-0.3, -0.25) is 4.79 Å². The van der Waals surface area contributed by atoms with E-state index < -0.39 is 124 Å². The van der Waals surface area contributed by atoms with Gasteiger partial charge >= 0.3 is 0 Å². The van der Waals surface area contributed by atoms with Gasteiger partial charge in [-0.05, 0) is 57.8 Å². The summed E-state index contributed by atoms with van der Waals surface area (Å²) in [7, 11) is 0. The lowest BCUT2D eigenvalue weighted by atomic mass is 9.96. The van der Waals surface area contributed by atoms with Gasteiger partial charge in [-0.25, -0.2) is 0 Å². The van der Waals surface area contributed by atoms with Crippen molar-refractivity contribution in [2.24, 2.45) is 0 Å². The zero-order valence-corrected chi connectivity index (χ0v) is 60.3. The Morgan fingerprint density at radius 3 is 1.11 bits per heavy atom. The van der Waals surface area contributed by atoms with E-state index in [1.807, 2.05) is 0 Å². The molecule has 0 spiro atoms. The highest BCUT2D eigenvalue weighted by Crippen LogP contribution is 2.33. The minimum absolute atomic E-state index is 0.239. The molecule has 3 heterocycles. The molecule has 3 aliphatic rings. The molecule has 0 aromatic rings. The highest BCUT2D eigenvalue weighted by molar-refractivity contribution is 5.76. The van der Waals surface area contributed by atoms with Crippen LogP contribution in [-0.4, -0.2) is 193 Å². The molecule has 3 rings (SSSR count). The largest absolute Gasteiger partial charge is 0.394 e. The van der Waals surface area contributed by atoms with Crippen molar-refractivity contribution in [1.82, 2.24) is 5.32 Å². The van der Waals surface area contributed by atoms with E-state index in [-0.39, 0.29) is 18.9 Å². The number of hydrogen-bond donors (Lipinski definition) is 12. The third-order valence-corrected chi connectivity index (χ3v) is 19.4. The smallest absolute Gasteiger partial charge is 0.220 e. The fourth-order valence-corrected chi connectivity index (χ4v) is 13.1. The molecule has 1 amide bonds. The Kier molecular flexibility index (Phi) is 53.9. The average molecular weight is 1380 g/mol. The molecule has 3 aliphatic heterocycles. The van der Waals surface area contributed by atoms with E-state index in [4.69, 9.17) is 28.4 Å². The van der Waals surface area contributed by atoms with Gasteiger partial charge in [0.1, 0.15) is 73.2 Å². The number of rotatable bonds is 61. The van der Waals surface area contributed by atoms with Crippen LogP contribution < -0.4 is 5.32 Å². The van der Waals surface area contributed by atoms with Crippen molar-refractivity contribution in [3.8, 4) is 0 Å². The monoisotopic (exact) mass is 1380 g/mol. The van der Waals surface area contributed by atoms with E-state index in [1.165, 1.54) is 186 Å². The number of carbonyl (C=O) groups excluding carboxylic acids is 1. The number of carbonyl (C=O) groups is 1. The SMILES string of the molecule is CC/C=C\C/C=C\C/C=C\C/C=C\C/C=C\CCCCCCCCCCCCCCCCCCCCCCCCCC(=O)NC(COC1OC(CO)C(OC2OC(CO)C(OC3OC(CO)C(O)C(O)C3O)C(O)C2O)C(O)C1O)C(O)CCCCCCCCCCCCCCC. The summed E-state index contributed by atoms with van der Waals surface area (Å²) in [6.07, 6.45) is 47.6. The number of ether oxygens (including phenoxy) is 6. The van der Waals surface area contributed by atoms with Gasteiger partial charge in [0.25, 0.3) is 0 Å². The predicted molar refractivity (Wildman–Crippen MR) is 383 cm³/mol. The van der Waals surface area contributed by atoms with Crippen LogP contribution >= 0.6 is 0 Å². The molecule has 3 fully saturated rings. The molecule has 19 heteroatoms. The van der Waals surface area contributed by atoms with Crippen LogP contribution in [0.3, 0.4) is 0 Å². The zero-order valence-electron chi connectivity index (χ0n) is 60.3. The number of unbranched alkanes of at least 4 members (excludes halogenated alkanes) is 35. The van der Waals surface area contributed by atoms with Crippen molar-refractivity contribution in [2.75, 3.05) is 26.4 Å². The number of aliphatic hydroxyl groups excluding tert-OH is 11. The lowest BCUT2D eigenvalue weighted by molar-refractivity contribution is -0.379. The van der Waals surface area contributed by atoms with Crippen LogP contribution in [0.4, 0.5) is 0 Å². The second-order valence-electron chi connectivity index (χ2n) is 27.8. The topological polar surface area (TPSA) is 307 Å². The molecule has 0 radical (unpaired) electrons. The molecule has 0 aliphatic carbocycles. The van der Waals surface area contributed by atoms with Gasteiger partial charge in [0.15, 0.2) is 18.9 Å². The van der Waals surface area contributed by atoms with Crippen LogP contribution in [0.5, 0.6) is 0 Å². The van der Waals surface area contributed by atoms with E-state index in [0.29, 0.717) is 12.8 Å². The van der Waals surface area contributed by atoms with Crippen molar-refractivity contribution in [3.63, 3.8) is 0 Å². The Bertz CT molecular complexity index is 1990. The highest BCUT2D eigenvalue weighted by Gasteiger charge is 2.54. The van der Waals surface area contributed by atoms with Gasteiger partial charge in [-0.15, -0.1) is 0 Å². The molecule has 19 nitrogen and oxygen atoms in total. The first kappa shape index (κ1) is 88.7. The van der Waals surface area contributed by atoms with Gasteiger partial charge in [-0.1, -0.05) is 293 Å². The van der Waals surface area contributed by atoms with E-state index in [2.05, 4.69) is 79.9 Å². The standard InChI is InChI=1S/C78H141NO18/c1-3-5-7-9-11-13-15-17-18-19-20-21-22-23-24-25-26-27-28-29-30-31-32-33-34-35-36-37-38-39-40-41-42-44-46-48-50-52-54-56-66(84)79-61(62(83)55-53-51-49-47-45-43-16-14-12-10-8-6-4-2)60-92-76-72(90)69(87)74(64(58-81)94-76)97-78-73(91)70(88)75(65(59-82)95-78)96-77-71(89)68(86)67(85)63(57-80)93-77/h5,7,11,13,17-18,20-21,23-24,61-65,67-78,80-83,85-91H,3-4,6,8-10,12,14-16,19,22,25-60H2,1-2H3,(H,79,84)/b7-5-,13-11-,18-17-,21-20-,24-23-. The molecule has 12 N–H and O–H groups in total. The molecule has 17 atom stereocenters. The minimum Gasteiger partial charge on any atom is -0.394 e. The second-order valence-corrected chi connectivity index (χ2v) is 27.8. The van der Waals surface area contributed by atoms with Crippen LogP contribution in [0, 0.1) is 0 Å². The van der Waals surface area contributed by atoms with Crippen molar-refractivity contribution in [1.29, 1.82) is 0 Å². The Morgan fingerprint density at radius 2 is 0.711 bits per heavy atom.